The summed E-state index contributed by atoms with van der Waals surface area (Å²) in [5.41, 5.74) is 8.08. The van der Waals surface area contributed by atoms with E-state index in [1.807, 2.05) is 0 Å². The average Bonchev–Trinajstić information content (AvgIpc) is 2.57. The van der Waals surface area contributed by atoms with Crippen molar-refractivity contribution in [2.45, 2.75) is 138 Å². The molecule has 0 radical (unpaired) electrons. The van der Waals surface area contributed by atoms with Crippen molar-refractivity contribution >= 4 is 0 Å². The van der Waals surface area contributed by atoms with Crippen molar-refractivity contribution in [3.8, 4) is 0 Å². The van der Waals surface area contributed by atoms with Gasteiger partial charge in [-0.25, -0.2) is 0 Å². The SMILES string of the molecule is CC(C)(C)c1cc(C(C)(C)C)nc(C(C)(C)C)c1.Cc1cc(C(C)(C)C)nc(C(C)(C)C)c1. The number of hydrogen-bond acceptors (Lipinski definition) is 2. The maximum absolute atomic E-state index is 4.89. The minimum Gasteiger partial charge on any atom is -0.257 e. The molecule has 2 heterocycles. The summed E-state index contributed by atoms with van der Waals surface area (Å²) in [5, 5.41) is 0. The highest BCUT2D eigenvalue weighted by atomic mass is 14.8. The van der Waals surface area contributed by atoms with Crippen molar-refractivity contribution in [2.75, 3.05) is 0 Å². The van der Waals surface area contributed by atoms with Gasteiger partial charge in [0.2, 0.25) is 0 Å². The van der Waals surface area contributed by atoms with E-state index in [9.17, 15) is 0 Å². The Morgan fingerprint density at radius 3 is 0.848 bits per heavy atom. The number of hydrogen-bond donors (Lipinski definition) is 0. The lowest BCUT2D eigenvalue weighted by Gasteiger charge is -2.28. The van der Waals surface area contributed by atoms with E-state index in [0.29, 0.717) is 0 Å². The van der Waals surface area contributed by atoms with Crippen LogP contribution in [0, 0.1) is 6.92 Å². The molecule has 0 unspecified atom stereocenters. The third-order valence-corrected chi connectivity index (χ3v) is 5.73. The normalized spacial score (nSPS) is 13.5. The maximum Gasteiger partial charge on any atom is 0.0463 e. The number of aromatic nitrogens is 2. The molecule has 0 amide bonds. The molecule has 2 rings (SSSR count). The Hall–Kier alpha value is -1.70. The van der Waals surface area contributed by atoms with E-state index in [1.54, 1.807) is 0 Å². The van der Waals surface area contributed by atoms with Gasteiger partial charge in [0.25, 0.3) is 0 Å². The van der Waals surface area contributed by atoms with Crippen LogP contribution in [0.15, 0.2) is 24.3 Å². The van der Waals surface area contributed by atoms with Gasteiger partial charge in [0.15, 0.2) is 0 Å². The van der Waals surface area contributed by atoms with Gasteiger partial charge < -0.3 is 0 Å². The first-order valence-electron chi connectivity index (χ1n) is 12.5. The lowest BCUT2D eigenvalue weighted by molar-refractivity contribution is 0.517. The highest BCUT2D eigenvalue weighted by Crippen LogP contribution is 2.32. The predicted molar refractivity (Wildman–Crippen MR) is 147 cm³/mol. The molecule has 0 bridgehead atoms. The van der Waals surface area contributed by atoms with Crippen molar-refractivity contribution in [1.29, 1.82) is 0 Å². The van der Waals surface area contributed by atoms with E-state index in [1.165, 1.54) is 33.9 Å². The molecule has 0 aliphatic carbocycles. The smallest absolute Gasteiger partial charge is 0.0463 e. The molecule has 0 fully saturated rings. The number of pyridine rings is 2. The molecular formula is C31H52N2. The summed E-state index contributed by atoms with van der Waals surface area (Å²) in [6.07, 6.45) is 0. The van der Waals surface area contributed by atoms with Crippen LogP contribution in [0.3, 0.4) is 0 Å². The summed E-state index contributed by atoms with van der Waals surface area (Å²) < 4.78 is 0. The molecule has 2 nitrogen and oxygen atoms in total. The second kappa shape index (κ2) is 9.51. The quantitative estimate of drug-likeness (QED) is 0.398. The third-order valence-electron chi connectivity index (χ3n) is 5.73. The summed E-state index contributed by atoms with van der Waals surface area (Å²) in [5.74, 6) is 0. The molecule has 186 valence electrons. The second-order valence-corrected chi connectivity index (χ2v) is 14.8. The lowest BCUT2D eigenvalue weighted by atomic mass is 9.80. The number of nitrogens with zero attached hydrogens (tertiary/aromatic N) is 2. The lowest BCUT2D eigenvalue weighted by Crippen LogP contribution is -2.23. The molecule has 0 aromatic carbocycles. The van der Waals surface area contributed by atoms with Crippen LogP contribution in [-0.2, 0) is 27.1 Å². The highest BCUT2D eigenvalue weighted by Gasteiger charge is 2.25. The molecule has 2 aromatic heterocycles. The summed E-state index contributed by atoms with van der Waals surface area (Å²) >= 11 is 0. The third kappa shape index (κ3) is 8.87. The first-order chi connectivity index (χ1) is 14.4. The van der Waals surface area contributed by atoms with Crippen molar-refractivity contribution in [3.05, 3.63) is 58.2 Å². The topological polar surface area (TPSA) is 25.8 Å². The fourth-order valence-corrected chi connectivity index (χ4v) is 3.17. The number of aryl methyl sites for hydroxylation is 1. The van der Waals surface area contributed by atoms with Crippen molar-refractivity contribution in [2.24, 2.45) is 0 Å². The van der Waals surface area contributed by atoms with Gasteiger partial charge in [0, 0.05) is 44.4 Å². The first-order valence-corrected chi connectivity index (χ1v) is 12.5. The van der Waals surface area contributed by atoms with Crippen LogP contribution in [0.5, 0.6) is 0 Å². The van der Waals surface area contributed by atoms with Gasteiger partial charge in [0.1, 0.15) is 0 Å². The van der Waals surface area contributed by atoms with E-state index >= 15 is 0 Å². The van der Waals surface area contributed by atoms with Gasteiger partial charge in [-0.2, -0.15) is 0 Å². The Labute approximate surface area is 206 Å². The zero-order valence-electron chi connectivity index (χ0n) is 24.7. The Bertz CT molecular complexity index is 820. The highest BCUT2D eigenvalue weighted by molar-refractivity contribution is 5.33. The van der Waals surface area contributed by atoms with E-state index in [0.717, 1.165) is 0 Å². The number of rotatable bonds is 0. The van der Waals surface area contributed by atoms with Crippen molar-refractivity contribution < 1.29 is 0 Å². The zero-order valence-corrected chi connectivity index (χ0v) is 24.7. The Morgan fingerprint density at radius 2 is 0.636 bits per heavy atom. The van der Waals surface area contributed by atoms with Gasteiger partial charge in [0.05, 0.1) is 0 Å². The molecule has 0 aliphatic heterocycles. The van der Waals surface area contributed by atoms with Gasteiger partial charge in [-0.3, -0.25) is 9.97 Å². The van der Waals surface area contributed by atoms with Gasteiger partial charge in [-0.1, -0.05) is 104 Å². The van der Waals surface area contributed by atoms with Gasteiger partial charge in [-0.05, 0) is 47.7 Å². The Balaban J connectivity index is 0.000000335. The van der Waals surface area contributed by atoms with Crippen LogP contribution in [0.1, 0.15) is 138 Å². The summed E-state index contributed by atoms with van der Waals surface area (Å²) in [4.78, 5) is 9.67. The van der Waals surface area contributed by atoms with Crippen molar-refractivity contribution in [3.63, 3.8) is 0 Å². The summed E-state index contributed by atoms with van der Waals surface area (Å²) in [7, 11) is 0. The van der Waals surface area contributed by atoms with Crippen LogP contribution < -0.4 is 0 Å². The maximum atomic E-state index is 4.89. The molecular weight excluding hydrogens is 400 g/mol. The van der Waals surface area contributed by atoms with Gasteiger partial charge >= 0.3 is 0 Å². The largest absolute Gasteiger partial charge is 0.257 e. The molecule has 0 spiro atoms. The molecule has 0 saturated carbocycles. The summed E-state index contributed by atoms with van der Waals surface area (Å²) in [6.45, 7) is 35.6. The molecule has 0 atom stereocenters. The summed E-state index contributed by atoms with van der Waals surface area (Å²) in [6, 6.07) is 8.93. The molecule has 2 aromatic rings. The fourth-order valence-electron chi connectivity index (χ4n) is 3.17. The monoisotopic (exact) mass is 452 g/mol. The van der Waals surface area contributed by atoms with Crippen LogP contribution in [-0.4, -0.2) is 9.97 Å². The zero-order chi connectivity index (χ0) is 26.2. The fraction of sp³-hybridized carbons (Fsp3) is 0.677. The van der Waals surface area contributed by atoms with Crippen LogP contribution >= 0.6 is 0 Å². The molecule has 0 saturated heterocycles. The van der Waals surface area contributed by atoms with E-state index in [-0.39, 0.29) is 27.1 Å². The predicted octanol–water partition coefficient (Wildman–Crippen LogP) is 8.96. The molecule has 0 N–H and O–H groups in total. The standard InChI is InChI=1S/C17H29N.C14H23N/c1-15(2,3)12-10-13(16(4,5)6)18-14(11-12)17(7,8)9;1-10-8-11(13(2,3)4)15-12(9-10)14(5,6)7/h10-11H,1-9H3;8-9H,1-7H3. The average molecular weight is 453 g/mol. The molecule has 0 aliphatic rings. The van der Waals surface area contributed by atoms with Gasteiger partial charge in [-0.15, -0.1) is 0 Å². The second-order valence-electron chi connectivity index (χ2n) is 14.8. The molecule has 2 heteroatoms. The van der Waals surface area contributed by atoms with E-state index < -0.39 is 0 Å². The van der Waals surface area contributed by atoms with E-state index in [2.05, 4.69) is 135 Å². The van der Waals surface area contributed by atoms with E-state index in [4.69, 9.17) is 9.97 Å². The first kappa shape index (κ1) is 29.3. The van der Waals surface area contributed by atoms with Crippen LogP contribution in [0.4, 0.5) is 0 Å². The van der Waals surface area contributed by atoms with Crippen LogP contribution in [0.2, 0.25) is 0 Å². The Kier molecular flexibility index (Phi) is 8.45. The molecule has 33 heavy (non-hydrogen) atoms. The minimum atomic E-state index is 0.0985. The minimum absolute atomic E-state index is 0.0985. The Morgan fingerprint density at radius 1 is 0.394 bits per heavy atom. The van der Waals surface area contributed by atoms with Crippen LogP contribution in [0.25, 0.3) is 0 Å². The van der Waals surface area contributed by atoms with Crippen molar-refractivity contribution in [1.82, 2.24) is 9.97 Å².